The molecule has 9 nitrogen and oxygen atoms in total. The number of nitrogens with one attached hydrogen (secondary N) is 4. The summed E-state index contributed by atoms with van der Waals surface area (Å²) in [6, 6.07) is 34.6. The summed E-state index contributed by atoms with van der Waals surface area (Å²) in [6.45, 7) is 0.895. The van der Waals surface area contributed by atoms with Gasteiger partial charge >= 0.3 is 0 Å². The Balaban J connectivity index is 1.21. The number of H-pyrrole nitrogens is 1. The highest BCUT2D eigenvalue weighted by molar-refractivity contribution is 5.91. The minimum absolute atomic E-state index is 0.204. The number of hydrogen-bond donors (Lipinski definition) is 5. The second kappa shape index (κ2) is 17.5. The molecule has 0 saturated carbocycles. The number of fused-ring (bicyclic) bond motifs is 1. The molecule has 5 aromatic rings. The first kappa shape index (κ1) is 33.9. The van der Waals surface area contributed by atoms with Crippen molar-refractivity contribution in [2.24, 2.45) is 5.92 Å². The van der Waals surface area contributed by atoms with E-state index in [1.807, 2.05) is 115 Å². The maximum absolute atomic E-state index is 13.7. The van der Waals surface area contributed by atoms with Crippen molar-refractivity contribution in [3.05, 3.63) is 138 Å². The van der Waals surface area contributed by atoms with Gasteiger partial charge in [-0.15, -0.1) is 0 Å². The van der Waals surface area contributed by atoms with Crippen LogP contribution in [0.15, 0.2) is 115 Å². The van der Waals surface area contributed by atoms with Gasteiger partial charge in [0.2, 0.25) is 17.7 Å². The van der Waals surface area contributed by atoms with Gasteiger partial charge in [0.05, 0.1) is 0 Å². The smallest absolute Gasteiger partial charge is 0.244 e. The lowest BCUT2D eigenvalue weighted by molar-refractivity contribution is -0.136. The Kier molecular flexibility index (Phi) is 12.4. The van der Waals surface area contributed by atoms with Gasteiger partial charge in [0.25, 0.3) is 0 Å². The molecule has 2 atom stereocenters. The van der Waals surface area contributed by atoms with Crippen molar-refractivity contribution in [2.75, 3.05) is 6.54 Å². The molecule has 0 aliphatic heterocycles. The largest absolute Gasteiger partial charge is 0.489 e. The fourth-order valence-electron chi connectivity index (χ4n) is 5.76. The van der Waals surface area contributed by atoms with Crippen molar-refractivity contribution < 1.29 is 24.3 Å². The number of carbonyl (C=O) groups is 3. The molecule has 5 N–H and O–H groups in total. The molecular weight excluding hydrogens is 604 g/mol. The van der Waals surface area contributed by atoms with Crippen LogP contribution >= 0.6 is 0 Å². The molecule has 1 aromatic heterocycles. The van der Waals surface area contributed by atoms with E-state index in [1.54, 1.807) is 5.48 Å². The van der Waals surface area contributed by atoms with Crippen molar-refractivity contribution in [3.63, 3.8) is 0 Å². The van der Waals surface area contributed by atoms with Crippen molar-refractivity contribution in [1.82, 2.24) is 21.1 Å². The minimum Gasteiger partial charge on any atom is -0.489 e. The van der Waals surface area contributed by atoms with Crippen LogP contribution in [0.1, 0.15) is 41.5 Å². The van der Waals surface area contributed by atoms with E-state index in [-0.39, 0.29) is 18.7 Å². The van der Waals surface area contributed by atoms with E-state index in [1.165, 1.54) is 0 Å². The molecule has 0 saturated heterocycles. The summed E-state index contributed by atoms with van der Waals surface area (Å²) in [5, 5.41) is 16.1. The fraction of sp³-hybridized carbons (Fsp3) is 0.256. The molecule has 1 heterocycles. The van der Waals surface area contributed by atoms with Crippen LogP contribution < -0.4 is 20.9 Å². The summed E-state index contributed by atoms with van der Waals surface area (Å²) in [5.41, 5.74) is 6.74. The van der Waals surface area contributed by atoms with E-state index < -0.39 is 23.8 Å². The molecular formula is C39H42N4O5. The predicted octanol–water partition coefficient (Wildman–Crippen LogP) is 5.67. The summed E-state index contributed by atoms with van der Waals surface area (Å²) in [4.78, 5) is 42.7. The van der Waals surface area contributed by atoms with E-state index in [9.17, 15) is 19.6 Å². The van der Waals surface area contributed by atoms with Crippen LogP contribution in [0.3, 0.4) is 0 Å². The van der Waals surface area contributed by atoms with Crippen molar-refractivity contribution in [3.8, 4) is 5.75 Å². The van der Waals surface area contributed by atoms with Crippen LogP contribution in [0, 0.1) is 5.92 Å². The first-order valence-electron chi connectivity index (χ1n) is 16.3. The number of carbonyl (C=O) groups excluding carboxylic acids is 3. The normalized spacial score (nSPS) is 12.2. The highest BCUT2D eigenvalue weighted by atomic mass is 16.5. The molecule has 4 aromatic carbocycles. The molecule has 0 spiro atoms. The van der Waals surface area contributed by atoms with Gasteiger partial charge in [0, 0.05) is 42.4 Å². The van der Waals surface area contributed by atoms with Crippen LogP contribution in [-0.2, 0) is 40.3 Å². The molecule has 3 amide bonds. The molecule has 5 rings (SSSR count). The van der Waals surface area contributed by atoms with Crippen LogP contribution in [0.5, 0.6) is 5.75 Å². The highest BCUT2D eigenvalue weighted by Crippen LogP contribution is 2.21. The first-order chi connectivity index (χ1) is 23.5. The van der Waals surface area contributed by atoms with Gasteiger partial charge in [-0.3, -0.25) is 19.6 Å². The van der Waals surface area contributed by atoms with E-state index in [2.05, 4.69) is 15.6 Å². The summed E-state index contributed by atoms with van der Waals surface area (Å²) >= 11 is 0. The number of rotatable bonds is 17. The number of aromatic nitrogens is 1. The zero-order valence-corrected chi connectivity index (χ0v) is 26.9. The third-order valence-electron chi connectivity index (χ3n) is 8.40. The average molecular weight is 647 g/mol. The van der Waals surface area contributed by atoms with Gasteiger partial charge in [-0.1, -0.05) is 91.0 Å². The Morgan fingerprint density at radius 3 is 2.15 bits per heavy atom. The number of aromatic amines is 1. The second-order valence-electron chi connectivity index (χ2n) is 11.9. The Morgan fingerprint density at radius 1 is 0.750 bits per heavy atom. The van der Waals surface area contributed by atoms with Gasteiger partial charge in [-0.2, -0.15) is 0 Å². The molecule has 0 radical (unpaired) electrons. The van der Waals surface area contributed by atoms with Gasteiger partial charge < -0.3 is 20.4 Å². The lowest BCUT2D eigenvalue weighted by Crippen LogP contribution is -2.50. The quantitative estimate of drug-likeness (QED) is 0.0657. The standard InChI is InChI=1S/C39H42N4O5/c44-37(43-47)25-31(15-9-14-29-18-20-33(21-19-29)48-27-30-12-5-2-6-13-30)38(45)42-36(24-32-26-41-35-17-8-7-16-34(32)35)39(46)40-23-22-28-10-3-1-4-11-28/h1-8,10-13,16-21,26,31,36,41,47H,9,14-15,22-25,27H2,(H,40,46)(H,42,45)(H,43,44)/t31-,36+/m0/s1. The topological polar surface area (TPSA) is 133 Å². The molecule has 0 bridgehead atoms. The summed E-state index contributed by atoms with van der Waals surface area (Å²) in [7, 11) is 0. The number of hydroxylamine groups is 1. The van der Waals surface area contributed by atoms with E-state index in [0.29, 0.717) is 38.8 Å². The zero-order valence-electron chi connectivity index (χ0n) is 26.9. The molecule has 0 unspecified atom stereocenters. The van der Waals surface area contributed by atoms with Crippen molar-refractivity contribution >= 4 is 28.6 Å². The molecule has 9 heteroatoms. The van der Waals surface area contributed by atoms with Crippen LogP contribution in [-0.4, -0.2) is 40.5 Å². The van der Waals surface area contributed by atoms with Gasteiger partial charge in [0.15, 0.2) is 0 Å². The van der Waals surface area contributed by atoms with Crippen molar-refractivity contribution in [1.29, 1.82) is 0 Å². The molecule has 0 aliphatic carbocycles. The number of hydrogen-bond acceptors (Lipinski definition) is 5. The minimum atomic E-state index is -0.865. The number of aryl methyl sites for hydroxylation is 1. The number of ether oxygens (including phenoxy) is 1. The number of benzene rings is 4. The summed E-state index contributed by atoms with van der Waals surface area (Å²) < 4.78 is 5.89. The zero-order chi connectivity index (χ0) is 33.6. The first-order valence-corrected chi connectivity index (χ1v) is 16.3. The Bertz CT molecular complexity index is 1760. The van der Waals surface area contributed by atoms with E-state index >= 15 is 0 Å². The van der Waals surface area contributed by atoms with Gasteiger partial charge in [-0.25, -0.2) is 5.48 Å². The number of para-hydroxylation sites is 1. The van der Waals surface area contributed by atoms with Crippen molar-refractivity contribution in [2.45, 2.75) is 51.2 Å². The van der Waals surface area contributed by atoms with E-state index in [4.69, 9.17) is 4.74 Å². The van der Waals surface area contributed by atoms with Crippen LogP contribution in [0.4, 0.5) is 0 Å². The molecule has 248 valence electrons. The average Bonchev–Trinajstić information content (AvgIpc) is 3.53. The third-order valence-corrected chi connectivity index (χ3v) is 8.40. The van der Waals surface area contributed by atoms with Crippen LogP contribution in [0.2, 0.25) is 0 Å². The fourth-order valence-corrected chi connectivity index (χ4v) is 5.76. The lowest BCUT2D eigenvalue weighted by Gasteiger charge is -2.22. The maximum atomic E-state index is 13.7. The molecule has 0 fully saturated rings. The third kappa shape index (κ3) is 10.0. The van der Waals surface area contributed by atoms with Crippen LogP contribution in [0.25, 0.3) is 10.9 Å². The molecule has 48 heavy (non-hydrogen) atoms. The SMILES string of the molecule is O=C(C[C@H](CCCc1ccc(OCc2ccccc2)cc1)C(=O)N[C@H](Cc1c[nH]c2ccccc12)C(=O)NCCc1ccccc1)NO. The highest BCUT2D eigenvalue weighted by Gasteiger charge is 2.28. The summed E-state index contributed by atoms with van der Waals surface area (Å²) in [6.07, 6.45) is 4.27. The Labute approximate surface area is 280 Å². The Hall–Kier alpha value is -5.41. The Morgan fingerprint density at radius 2 is 1.42 bits per heavy atom. The molecule has 0 aliphatic rings. The lowest BCUT2D eigenvalue weighted by atomic mass is 9.94. The number of amides is 3. The van der Waals surface area contributed by atoms with Gasteiger partial charge in [0.1, 0.15) is 18.4 Å². The predicted molar refractivity (Wildman–Crippen MR) is 185 cm³/mol. The monoisotopic (exact) mass is 646 g/mol. The summed E-state index contributed by atoms with van der Waals surface area (Å²) in [5.74, 6) is -1.35. The maximum Gasteiger partial charge on any atom is 0.244 e. The van der Waals surface area contributed by atoms with Gasteiger partial charge in [-0.05, 0) is 66.1 Å². The van der Waals surface area contributed by atoms with E-state index in [0.717, 1.165) is 38.9 Å². The second-order valence-corrected chi connectivity index (χ2v) is 11.9.